The molecular formula is C23H34N8O3. The molecule has 11 heteroatoms. The van der Waals surface area contributed by atoms with Crippen LogP contribution in [0.25, 0.3) is 0 Å². The number of rotatable bonds is 7. The van der Waals surface area contributed by atoms with Crippen LogP contribution < -0.4 is 5.32 Å². The molecule has 2 amide bonds. The van der Waals surface area contributed by atoms with Crippen molar-refractivity contribution >= 4 is 11.8 Å². The molecule has 3 heterocycles. The lowest BCUT2D eigenvalue weighted by Gasteiger charge is -2.38. The molecule has 2 N–H and O–H groups in total. The standard InChI is InChI=1S/C23H34N8O3/c1-23(2,3)20(31-13-18(26-28-31)15-4-5-15)22(34)30-12-17(32)10-19(30)21(33)25-16-8-14(9-16)11-29-7-6-24-27-29/h6-7,13-17,19-20,32H,4-5,8-12H2,1-3H3,(H,25,33)/t14?,16?,17-,19+,20-/m1/s1. The Hall–Kier alpha value is -2.82. The molecule has 0 unspecified atom stereocenters. The molecule has 5 rings (SSSR count). The average molecular weight is 471 g/mol. The molecule has 34 heavy (non-hydrogen) atoms. The van der Waals surface area contributed by atoms with Crippen LogP contribution >= 0.6 is 0 Å². The molecule has 1 aliphatic heterocycles. The maximum atomic E-state index is 13.8. The maximum Gasteiger partial charge on any atom is 0.248 e. The summed E-state index contributed by atoms with van der Waals surface area (Å²) in [7, 11) is 0. The van der Waals surface area contributed by atoms with E-state index in [0.29, 0.717) is 11.8 Å². The van der Waals surface area contributed by atoms with E-state index in [9.17, 15) is 14.7 Å². The first-order chi connectivity index (χ1) is 16.2. The summed E-state index contributed by atoms with van der Waals surface area (Å²) in [6.45, 7) is 6.89. The number of aliphatic hydroxyl groups is 1. The number of β-amino-alcohol motifs (C(OH)–C–C–N with tert-alkyl or cyclic N) is 1. The van der Waals surface area contributed by atoms with Gasteiger partial charge in [-0.1, -0.05) is 31.2 Å². The van der Waals surface area contributed by atoms with E-state index in [4.69, 9.17) is 0 Å². The monoisotopic (exact) mass is 470 g/mol. The van der Waals surface area contributed by atoms with Gasteiger partial charge in [-0.25, -0.2) is 4.68 Å². The highest BCUT2D eigenvalue weighted by atomic mass is 16.3. The maximum absolute atomic E-state index is 13.8. The summed E-state index contributed by atoms with van der Waals surface area (Å²) in [5.41, 5.74) is 0.478. The minimum atomic E-state index is -0.723. The molecule has 3 atom stereocenters. The van der Waals surface area contributed by atoms with Crippen molar-refractivity contribution < 1.29 is 14.7 Å². The molecule has 2 aliphatic carbocycles. The van der Waals surface area contributed by atoms with Gasteiger partial charge in [0, 0.05) is 43.9 Å². The number of likely N-dealkylation sites (tertiary alicyclic amines) is 1. The molecule has 0 radical (unpaired) electrons. The van der Waals surface area contributed by atoms with Crippen LogP contribution in [-0.2, 0) is 16.1 Å². The number of aromatic nitrogens is 6. The van der Waals surface area contributed by atoms with Gasteiger partial charge in [-0.05, 0) is 37.0 Å². The van der Waals surface area contributed by atoms with Crippen molar-refractivity contribution in [2.24, 2.45) is 11.3 Å². The second-order valence-corrected chi connectivity index (χ2v) is 11.2. The Morgan fingerprint density at radius 1 is 1.21 bits per heavy atom. The smallest absolute Gasteiger partial charge is 0.248 e. The molecule has 0 bridgehead atoms. The van der Waals surface area contributed by atoms with Crippen LogP contribution in [0.4, 0.5) is 0 Å². The summed E-state index contributed by atoms with van der Waals surface area (Å²) >= 11 is 0. The topological polar surface area (TPSA) is 131 Å². The van der Waals surface area contributed by atoms with Gasteiger partial charge in [0.1, 0.15) is 12.1 Å². The van der Waals surface area contributed by atoms with E-state index in [2.05, 4.69) is 25.9 Å². The van der Waals surface area contributed by atoms with E-state index in [-0.39, 0.29) is 30.8 Å². The van der Waals surface area contributed by atoms with E-state index in [1.807, 2.05) is 37.8 Å². The molecule has 11 nitrogen and oxygen atoms in total. The number of hydrogen-bond acceptors (Lipinski definition) is 7. The van der Waals surface area contributed by atoms with Crippen LogP contribution in [0.2, 0.25) is 0 Å². The van der Waals surface area contributed by atoms with Crippen molar-refractivity contribution in [2.45, 2.75) is 89.6 Å². The molecule has 2 aromatic rings. The summed E-state index contributed by atoms with van der Waals surface area (Å²) < 4.78 is 3.46. The highest BCUT2D eigenvalue weighted by molar-refractivity contribution is 5.90. The van der Waals surface area contributed by atoms with E-state index >= 15 is 0 Å². The number of carbonyl (C=O) groups excluding carboxylic acids is 2. The molecule has 2 aromatic heterocycles. The molecule has 3 aliphatic rings. The number of carbonyl (C=O) groups is 2. The third-order valence-electron chi connectivity index (χ3n) is 7.21. The number of hydrogen-bond donors (Lipinski definition) is 2. The van der Waals surface area contributed by atoms with Gasteiger partial charge in [0.05, 0.1) is 18.0 Å². The first-order valence-electron chi connectivity index (χ1n) is 12.2. The predicted molar refractivity (Wildman–Crippen MR) is 121 cm³/mol. The first kappa shape index (κ1) is 22.9. The van der Waals surface area contributed by atoms with E-state index in [1.165, 1.54) is 0 Å². The number of aliphatic hydroxyl groups excluding tert-OH is 1. The Kier molecular flexibility index (Phi) is 5.91. The van der Waals surface area contributed by atoms with E-state index in [0.717, 1.165) is 37.9 Å². The molecule has 1 saturated heterocycles. The number of nitrogens with zero attached hydrogens (tertiary/aromatic N) is 7. The molecule has 184 valence electrons. The van der Waals surface area contributed by atoms with E-state index in [1.54, 1.807) is 15.8 Å². The normalized spacial score (nSPS) is 27.9. The fourth-order valence-electron chi connectivity index (χ4n) is 5.22. The Labute approximate surface area is 198 Å². The van der Waals surface area contributed by atoms with Crippen molar-refractivity contribution in [3.8, 4) is 0 Å². The van der Waals surface area contributed by atoms with Gasteiger partial charge in [0.2, 0.25) is 11.8 Å². The van der Waals surface area contributed by atoms with Gasteiger partial charge in [-0.3, -0.25) is 14.3 Å². The Morgan fingerprint density at radius 2 is 1.97 bits per heavy atom. The zero-order valence-electron chi connectivity index (χ0n) is 20.0. The van der Waals surface area contributed by atoms with Gasteiger partial charge < -0.3 is 15.3 Å². The van der Waals surface area contributed by atoms with Gasteiger partial charge in [-0.2, -0.15) is 0 Å². The Bertz CT molecular complexity index is 1020. The number of amides is 2. The molecule has 0 aromatic carbocycles. The van der Waals surface area contributed by atoms with Crippen LogP contribution in [0.15, 0.2) is 18.6 Å². The largest absolute Gasteiger partial charge is 0.391 e. The fourth-order valence-corrected chi connectivity index (χ4v) is 5.22. The SMILES string of the molecule is CC(C)(C)[C@@H](C(=O)N1C[C@H](O)C[C@H]1C(=O)NC1CC(Cn2ccnn2)C1)n1cc(C2CC2)nn1. The van der Waals surface area contributed by atoms with Crippen molar-refractivity contribution in [2.75, 3.05) is 6.54 Å². The Balaban J connectivity index is 1.24. The summed E-state index contributed by atoms with van der Waals surface area (Å²) in [5.74, 6) is 0.484. The third-order valence-corrected chi connectivity index (χ3v) is 7.21. The van der Waals surface area contributed by atoms with Crippen LogP contribution in [0.1, 0.15) is 70.5 Å². The molecule has 0 spiro atoms. The van der Waals surface area contributed by atoms with Crippen molar-refractivity contribution in [3.63, 3.8) is 0 Å². The van der Waals surface area contributed by atoms with Crippen molar-refractivity contribution in [1.29, 1.82) is 0 Å². The average Bonchev–Trinajstić information content (AvgIpc) is 3.12. The van der Waals surface area contributed by atoms with Gasteiger partial charge in [0.25, 0.3) is 0 Å². The van der Waals surface area contributed by atoms with E-state index < -0.39 is 23.6 Å². The highest BCUT2D eigenvalue weighted by Crippen LogP contribution is 2.40. The van der Waals surface area contributed by atoms with Gasteiger partial charge >= 0.3 is 0 Å². The molecular weight excluding hydrogens is 436 g/mol. The quantitative estimate of drug-likeness (QED) is 0.614. The summed E-state index contributed by atoms with van der Waals surface area (Å²) in [4.78, 5) is 28.5. The van der Waals surface area contributed by atoms with Crippen LogP contribution in [0.5, 0.6) is 0 Å². The second-order valence-electron chi connectivity index (χ2n) is 11.2. The fraction of sp³-hybridized carbons (Fsp3) is 0.739. The lowest BCUT2D eigenvalue weighted by Crippen LogP contribution is -2.54. The van der Waals surface area contributed by atoms with Crippen molar-refractivity contribution in [3.05, 3.63) is 24.3 Å². The first-order valence-corrected chi connectivity index (χ1v) is 12.2. The minimum Gasteiger partial charge on any atom is -0.391 e. The molecule has 3 fully saturated rings. The van der Waals surface area contributed by atoms with Crippen LogP contribution in [0, 0.1) is 11.3 Å². The van der Waals surface area contributed by atoms with Gasteiger partial charge in [0.15, 0.2) is 0 Å². The minimum absolute atomic E-state index is 0.0746. The zero-order valence-corrected chi connectivity index (χ0v) is 20.0. The van der Waals surface area contributed by atoms with Crippen molar-refractivity contribution in [1.82, 2.24) is 40.2 Å². The zero-order chi connectivity index (χ0) is 24.0. The second kappa shape index (κ2) is 8.75. The molecule has 2 saturated carbocycles. The lowest BCUT2D eigenvalue weighted by atomic mass is 9.80. The van der Waals surface area contributed by atoms with Crippen LogP contribution in [-0.4, -0.2) is 76.5 Å². The highest BCUT2D eigenvalue weighted by Gasteiger charge is 2.46. The predicted octanol–water partition coefficient (Wildman–Crippen LogP) is 0.891. The lowest BCUT2D eigenvalue weighted by molar-refractivity contribution is -0.144. The van der Waals surface area contributed by atoms with Crippen LogP contribution in [0.3, 0.4) is 0 Å². The summed E-state index contributed by atoms with van der Waals surface area (Å²) in [6, 6.07) is -1.22. The summed E-state index contributed by atoms with van der Waals surface area (Å²) in [5, 5.41) is 29.9. The van der Waals surface area contributed by atoms with Gasteiger partial charge in [-0.15, -0.1) is 10.2 Å². The third kappa shape index (κ3) is 4.70. The Morgan fingerprint density at radius 3 is 2.62 bits per heavy atom. The summed E-state index contributed by atoms with van der Waals surface area (Å²) in [6.07, 6.45) is 8.83. The number of nitrogens with one attached hydrogen (secondary N) is 1.